The molecule has 0 aromatic carbocycles. The Labute approximate surface area is 121 Å². The van der Waals surface area contributed by atoms with E-state index in [1.165, 1.54) is 6.20 Å². The van der Waals surface area contributed by atoms with E-state index in [1.807, 2.05) is 13.0 Å². The SMILES string of the molecule is CCC(CC)N(CC(C)C)c1cc(C)ncc1C(=O)O. The van der Waals surface area contributed by atoms with Crippen LogP contribution in [0, 0.1) is 12.8 Å². The average Bonchev–Trinajstić information content (AvgIpc) is 2.38. The fourth-order valence-electron chi connectivity index (χ4n) is 2.51. The zero-order chi connectivity index (χ0) is 15.3. The lowest BCUT2D eigenvalue weighted by Crippen LogP contribution is -2.38. The molecule has 1 heterocycles. The second-order valence-corrected chi connectivity index (χ2v) is 5.66. The van der Waals surface area contributed by atoms with Crippen molar-refractivity contribution in [2.45, 2.75) is 53.5 Å². The molecule has 0 amide bonds. The minimum Gasteiger partial charge on any atom is -0.478 e. The number of aromatic nitrogens is 1. The van der Waals surface area contributed by atoms with Crippen LogP contribution in [-0.4, -0.2) is 28.6 Å². The summed E-state index contributed by atoms with van der Waals surface area (Å²) >= 11 is 0. The van der Waals surface area contributed by atoms with Gasteiger partial charge in [0, 0.05) is 24.5 Å². The normalized spacial score (nSPS) is 11.2. The smallest absolute Gasteiger partial charge is 0.339 e. The van der Waals surface area contributed by atoms with Crippen molar-refractivity contribution in [3.8, 4) is 0 Å². The van der Waals surface area contributed by atoms with Crippen molar-refractivity contribution < 1.29 is 9.90 Å². The van der Waals surface area contributed by atoms with Gasteiger partial charge in [0.05, 0.1) is 5.69 Å². The van der Waals surface area contributed by atoms with Crippen molar-refractivity contribution in [3.63, 3.8) is 0 Å². The zero-order valence-corrected chi connectivity index (χ0v) is 13.2. The Morgan fingerprint density at radius 2 is 1.95 bits per heavy atom. The van der Waals surface area contributed by atoms with Crippen LogP contribution in [0.25, 0.3) is 0 Å². The third kappa shape index (κ3) is 3.95. The van der Waals surface area contributed by atoms with Crippen LogP contribution in [0.15, 0.2) is 12.3 Å². The lowest BCUT2D eigenvalue weighted by molar-refractivity contribution is 0.0697. The number of anilines is 1. The Kier molecular flexibility index (Phi) is 5.99. The van der Waals surface area contributed by atoms with Gasteiger partial charge < -0.3 is 10.0 Å². The highest BCUT2D eigenvalue weighted by atomic mass is 16.4. The first-order valence-electron chi connectivity index (χ1n) is 7.37. The van der Waals surface area contributed by atoms with Crippen LogP contribution < -0.4 is 4.90 Å². The summed E-state index contributed by atoms with van der Waals surface area (Å²) in [6, 6.07) is 2.25. The van der Waals surface area contributed by atoms with Gasteiger partial charge in [-0.2, -0.15) is 0 Å². The molecule has 0 atom stereocenters. The zero-order valence-electron chi connectivity index (χ0n) is 13.2. The number of aryl methyl sites for hydroxylation is 1. The number of pyridine rings is 1. The van der Waals surface area contributed by atoms with E-state index >= 15 is 0 Å². The fraction of sp³-hybridized carbons (Fsp3) is 0.625. The van der Waals surface area contributed by atoms with Gasteiger partial charge in [0.1, 0.15) is 5.56 Å². The molecule has 0 bridgehead atoms. The number of aromatic carboxylic acids is 1. The van der Waals surface area contributed by atoms with Crippen molar-refractivity contribution in [1.82, 2.24) is 4.98 Å². The standard InChI is InChI=1S/C16H26N2O2/c1-6-13(7-2)18(10-11(3)4)15-8-12(5)17-9-14(15)16(19)20/h8-9,11,13H,6-7,10H2,1-5H3,(H,19,20). The Morgan fingerprint density at radius 3 is 2.40 bits per heavy atom. The summed E-state index contributed by atoms with van der Waals surface area (Å²) in [7, 11) is 0. The molecule has 4 nitrogen and oxygen atoms in total. The second-order valence-electron chi connectivity index (χ2n) is 5.66. The van der Waals surface area contributed by atoms with Crippen LogP contribution in [0.5, 0.6) is 0 Å². The van der Waals surface area contributed by atoms with E-state index in [4.69, 9.17) is 0 Å². The molecule has 0 aliphatic carbocycles. The number of carboxylic acids is 1. The molecule has 1 rings (SSSR count). The molecule has 0 saturated carbocycles. The van der Waals surface area contributed by atoms with Gasteiger partial charge in [0.2, 0.25) is 0 Å². The largest absolute Gasteiger partial charge is 0.478 e. The first-order chi connectivity index (χ1) is 9.40. The highest BCUT2D eigenvalue weighted by Gasteiger charge is 2.22. The molecule has 0 radical (unpaired) electrons. The first kappa shape index (κ1) is 16.5. The van der Waals surface area contributed by atoms with Crippen molar-refractivity contribution in [1.29, 1.82) is 0 Å². The summed E-state index contributed by atoms with van der Waals surface area (Å²) < 4.78 is 0. The predicted molar refractivity (Wildman–Crippen MR) is 82.5 cm³/mol. The van der Waals surface area contributed by atoms with Crippen molar-refractivity contribution in [3.05, 3.63) is 23.5 Å². The topological polar surface area (TPSA) is 53.4 Å². The highest BCUT2D eigenvalue weighted by molar-refractivity contribution is 5.94. The van der Waals surface area contributed by atoms with Gasteiger partial charge in [0.15, 0.2) is 0 Å². The molecular formula is C16H26N2O2. The summed E-state index contributed by atoms with van der Waals surface area (Å²) in [5.41, 5.74) is 1.94. The van der Waals surface area contributed by atoms with Crippen LogP contribution in [0.4, 0.5) is 5.69 Å². The van der Waals surface area contributed by atoms with E-state index < -0.39 is 5.97 Å². The lowest BCUT2D eigenvalue weighted by atomic mass is 10.0. The maximum Gasteiger partial charge on any atom is 0.339 e. The van der Waals surface area contributed by atoms with E-state index in [2.05, 4.69) is 37.6 Å². The van der Waals surface area contributed by atoms with Gasteiger partial charge in [-0.25, -0.2) is 4.79 Å². The third-order valence-corrected chi connectivity index (χ3v) is 3.50. The summed E-state index contributed by atoms with van der Waals surface area (Å²) in [4.78, 5) is 17.8. The van der Waals surface area contributed by atoms with Crippen molar-refractivity contribution in [2.75, 3.05) is 11.4 Å². The minimum absolute atomic E-state index is 0.295. The van der Waals surface area contributed by atoms with E-state index in [0.29, 0.717) is 17.5 Å². The molecule has 4 heteroatoms. The summed E-state index contributed by atoms with van der Waals surface area (Å²) in [5.74, 6) is -0.432. The molecular weight excluding hydrogens is 252 g/mol. The van der Waals surface area contributed by atoms with Crippen LogP contribution in [0.2, 0.25) is 0 Å². The summed E-state index contributed by atoms with van der Waals surface area (Å²) in [6.45, 7) is 11.4. The summed E-state index contributed by atoms with van der Waals surface area (Å²) in [6.07, 6.45) is 3.48. The Hall–Kier alpha value is -1.58. The number of nitrogens with zero attached hydrogens (tertiary/aromatic N) is 2. The van der Waals surface area contributed by atoms with Crippen molar-refractivity contribution >= 4 is 11.7 Å². The molecule has 112 valence electrons. The molecule has 1 aromatic rings. The second kappa shape index (κ2) is 7.27. The molecule has 0 saturated heterocycles. The molecule has 0 unspecified atom stereocenters. The van der Waals surface area contributed by atoms with Gasteiger partial charge in [-0.05, 0) is 31.7 Å². The molecule has 1 N–H and O–H groups in total. The molecule has 0 fully saturated rings. The monoisotopic (exact) mass is 278 g/mol. The quantitative estimate of drug-likeness (QED) is 0.825. The molecule has 1 aromatic heterocycles. The van der Waals surface area contributed by atoms with Crippen LogP contribution in [0.3, 0.4) is 0 Å². The highest BCUT2D eigenvalue weighted by Crippen LogP contribution is 2.26. The predicted octanol–water partition coefficient (Wildman–Crippen LogP) is 3.74. The number of carboxylic acid groups (broad SMARTS) is 1. The fourth-order valence-corrected chi connectivity index (χ4v) is 2.51. The lowest BCUT2D eigenvalue weighted by Gasteiger charge is -2.35. The van der Waals surface area contributed by atoms with E-state index in [1.54, 1.807) is 0 Å². The third-order valence-electron chi connectivity index (χ3n) is 3.50. The van der Waals surface area contributed by atoms with E-state index in [0.717, 1.165) is 30.8 Å². The number of hydrogen-bond acceptors (Lipinski definition) is 3. The molecule has 0 spiro atoms. The number of carbonyl (C=O) groups is 1. The van der Waals surface area contributed by atoms with Crippen LogP contribution in [0.1, 0.15) is 56.6 Å². The van der Waals surface area contributed by atoms with Gasteiger partial charge in [-0.1, -0.05) is 27.7 Å². The van der Waals surface area contributed by atoms with E-state index in [-0.39, 0.29) is 0 Å². The van der Waals surface area contributed by atoms with Gasteiger partial charge in [0.25, 0.3) is 0 Å². The van der Waals surface area contributed by atoms with Gasteiger partial charge >= 0.3 is 5.97 Å². The maximum absolute atomic E-state index is 11.5. The molecule has 0 aliphatic rings. The molecule has 0 aliphatic heterocycles. The number of rotatable bonds is 7. The maximum atomic E-state index is 11.5. The summed E-state index contributed by atoms with van der Waals surface area (Å²) in [5, 5.41) is 9.40. The molecule has 20 heavy (non-hydrogen) atoms. The van der Waals surface area contributed by atoms with Gasteiger partial charge in [-0.15, -0.1) is 0 Å². The average molecular weight is 278 g/mol. The Morgan fingerprint density at radius 1 is 1.35 bits per heavy atom. The Balaban J connectivity index is 3.31. The van der Waals surface area contributed by atoms with Crippen LogP contribution >= 0.6 is 0 Å². The van der Waals surface area contributed by atoms with Crippen molar-refractivity contribution in [2.24, 2.45) is 5.92 Å². The van der Waals surface area contributed by atoms with E-state index in [9.17, 15) is 9.90 Å². The minimum atomic E-state index is -0.910. The first-order valence-corrected chi connectivity index (χ1v) is 7.37. The Bertz CT molecular complexity index is 454. The number of hydrogen-bond donors (Lipinski definition) is 1. The van der Waals surface area contributed by atoms with Crippen LogP contribution in [-0.2, 0) is 0 Å². The van der Waals surface area contributed by atoms with Gasteiger partial charge in [-0.3, -0.25) is 4.98 Å².